The van der Waals surface area contributed by atoms with Crippen molar-refractivity contribution in [3.05, 3.63) is 76.9 Å². The molecule has 0 saturated heterocycles. The van der Waals surface area contributed by atoms with Crippen molar-refractivity contribution in [3.63, 3.8) is 0 Å². The molecular formula is C18H12Cl2N6O. The number of aromatic nitrogens is 4. The first-order valence-corrected chi connectivity index (χ1v) is 8.64. The van der Waals surface area contributed by atoms with Crippen LogP contribution in [-0.2, 0) is 0 Å². The van der Waals surface area contributed by atoms with E-state index in [2.05, 4.69) is 25.9 Å². The number of carbonyl (C=O) groups excluding carboxylic acids is 1. The van der Waals surface area contributed by atoms with Crippen LogP contribution >= 0.6 is 23.2 Å². The molecule has 7 nitrogen and oxygen atoms in total. The Morgan fingerprint density at radius 1 is 0.926 bits per heavy atom. The lowest BCUT2D eigenvalue weighted by Gasteiger charge is -2.13. The maximum absolute atomic E-state index is 12.7. The van der Waals surface area contributed by atoms with Gasteiger partial charge < -0.3 is 5.32 Å². The number of nitrogens with one attached hydrogen (secondary N) is 2. The van der Waals surface area contributed by atoms with Gasteiger partial charge in [0.2, 0.25) is 0 Å². The Morgan fingerprint density at radius 2 is 1.63 bits per heavy atom. The van der Waals surface area contributed by atoms with Gasteiger partial charge in [0.1, 0.15) is 12.7 Å². The SMILES string of the molecule is O=C(Nc1cccc2c(Nn3cnnc3)ccnc12)c1c(Cl)cccc1Cl. The van der Waals surface area contributed by atoms with Crippen molar-refractivity contribution in [3.8, 4) is 0 Å². The van der Waals surface area contributed by atoms with Gasteiger partial charge in [0.25, 0.3) is 5.91 Å². The van der Waals surface area contributed by atoms with E-state index >= 15 is 0 Å². The molecule has 2 aromatic carbocycles. The zero-order valence-corrected chi connectivity index (χ0v) is 15.2. The molecule has 2 aromatic heterocycles. The Hall–Kier alpha value is -3.16. The summed E-state index contributed by atoms with van der Waals surface area (Å²) in [6.45, 7) is 0. The third-order valence-corrected chi connectivity index (χ3v) is 4.51. The largest absolute Gasteiger partial charge is 0.320 e. The van der Waals surface area contributed by atoms with Crippen molar-refractivity contribution in [2.24, 2.45) is 0 Å². The second kappa shape index (κ2) is 7.22. The van der Waals surface area contributed by atoms with Gasteiger partial charge in [-0.1, -0.05) is 41.4 Å². The molecule has 9 heteroatoms. The lowest BCUT2D eigenvalue weighted by Crippen LogP contribution is -2.14. The van der Waals surface area contributed by atoms with E-state index in [1.165, 1.54) is 12.7 Å². The van der Waals surface area contributed by atoms with Crippen LogP contribution in [0.5, 0.6) is 0 Å². The van der Waals surface area contributed by atoms with Crippen LogP contribution in [0.4, 0.5) is 11.4 Å². The number of anilines is 2. The van der Waals surface area contributed by atoms with Crippen LogP contribution in [0.25, 0.3) is 10.9 Å². The molecule has 0 spiro atoms. The Bertz CT molecular complexity index is 1110. The lowest BCUT2D eigenvalue weighted by atomic mass is 10.1. The number of halogens is 2. The number of fused-ring (bicyclic) bond motifs is 1. The molecule has 0 radical (unpaired) electrons. The molecule has 2 N–H and O–H groups in total. The second-order valence-electron chi connectivity index (χ2n) is 5.59. The van der Waals surface area contributed by atoms with Crippen molar-refractivity contribution < 1.29 is 4.79 Å². The molecule has 134 valence electrons. The third kappa shape index (κ3) is 3.42. The normalized spacial score (nSPS) is 10.7. The predicted octanol–water partition coefficient (Wildman–Crippen LogP) is 4.26. The number of nitrogens with zero attached hydrogens (tertiary/aromatic N) is 4. The molecule has 0 aliphatic heterocycles. The summed E-state index contributed by atoms with van der Waals surface area (Å²) >= 11 is 12.3. The fourth-order valence-corrected chi connectivity index (χ4v) is 3.24. The van der Waals surface area contributed by atoms with E-state index in [1.807, 2.05) is 18.2 Å². The van der Waals surface area contributed by atoms with E-state index in [-0.39, 0.29) is 15.6 Å². The fraction of sp³-hybridized carbons (Fsp3) is 0. The zero-order chi connectivity index (χ0) is 18.8. The highest BCUT2D eigenvalue weighted by atomic mass is 35.5. The average molecular weight is 399 g/mol. The number of amides is 1. The highest BCUT2D eigenvalue weighted by molar-refractivity contribution is 6.40. The number of benzene rings is 2. The second-order valence-corrected chi connectivity index (χ2v) is 6.41. The summed E-state index contributed by atoms with van der Waals surface area (Å²) in [4.78, 5) is 17.1. The van der Waals surface area contributed by atoms with Crippen LogP contribution in [0.1, 0.15) is 10.4 Å². The number of carbonyl (C=O) groups is 1. The summed E-state index contributed by atoms with van der Waals surface area (Å²) in [5.41, 5.74) is 5.32. The lowest BCUT2D eigenvalue weighted by molar-refractivity contribution is 0.102. The highest BCUT2D eigenvalue weighted by Crippen LogP contribution is 2.29. The maximum Gasteiger partial charge on any atom is 0.258 e. The molecule has 4 rings (SSSR count). The molecule has 4 aromatic rings. The van der Waals surface area contributed by atoms with E-state index in [0.717, 1.165) is 11.1 Å². The van der Waals surface area contributed by atoms with Crippen LogP contribution in [0, 0.1) is 0 Å². The number of hydrogen-bond acceptors (Lipinski definition) is 5. The van der Waals surface area contributed by atoms with Gasteiger partial charge in [0.15, 0.2) is 0 Å². The van der Waals surface area contributed by atoms with Crippen LogP contribution in [0.2, 0.25) is 10.0 Å². The molecule has 0 bridgehead atoms. The average Bonchev–Trinajstić information content (AvgIpc) is 3.15. The van der Waals surface area contributed by atoms with E-state index in [1.54, 1.807) is 35.1 Å². The van der Waals surface area contributed by atoms with Crippen LogP contribution in [0.15, 0.2) is 61.3 Å². The van der Waals surface area contributed by atoms with E-state index in [9.17, 15) is 4.79 Å². The Balaban J connectivity index is 1.71. The Labute approximate surface area is 163 Å². The summed E-state index contributed by atoms with van der Waals surface area (Å²) in [5, 5.41) is 11.7. The first-order chi connectivity index (χ1) is 13.1. The monoisotopic (exact) mass is 398 g/mol. The van der Waals surface area contributed by atoms with Gasteiger partial charge in [0, 0.05) is 11.6 Å². The Kier molecular flexibility index (Phi) is 4.62. The van der Waals surface area contributed by atoms with Gasteiger partial charge in [-0.2, -0.15) is 0 Å². The van der Waals surface area contributed by atoms with Gasteiger partial charge in [-0.25, -0.2) is 4.68 Å². The molecule has 0 atom stereocenters. The number of hydrogen-bond donors (Lipinski definition) is 2. The van der Waals surface area contributed by atoms with Gasteiger partial charge in [-0.3, -0.25) is 15.2 Å². The fourth-order valence-electron chi connectivity index (χ4n) is 2.67. The first-order valence-electron chi connectivity index (χ1n) is 7.88. The zero-order valence-electron chi connectivity index (χ0n) is 13.7. The van der Waals surface area contributed by atoms with Gasteiger partial charge in [-0.15, -0.1) is 10.2 Å². The number of rotatable bonds is 4. The quantitative estimate of drug-likeness (QED) is 0.536. The minimum absolute atomic E-state index is 0.219. The van der Waals surface area contributed by atoms with E-state index < -0.39 is 5.91 Å². The van der Waals surface area contributed by atoms with Crippen LogP contribution < -0.4 is 10.7 Å². The van der Waals surface area contributed by atoms with Crippen molar-refractivity contribution >= 4 is 51.4 Å². The van der Waals surface area contributed by atoms with E-state index in [4.69, 9.17) is 23.2 Å². The molecular weight excluding hydrogens is 387 g/mol. The number of pyridine rings is 1. The topological polar surface area (TPSA) is 84.7 Å². The molecule has 0 aliphatic rings. The third-order valence-electron chi connectivity index (χ3n) is 3.88. The smallest absolute Gasteiger partial charge is 0.258 e. The minimum Gasteiger partial charge on any atom is -0.320 e. The van der Waals surface area contributed by atoms with Crippen LogP contribution in [-0.4, -0.2) is 25.8 Å². The van der Waals surface area contributed by atoms with Crippen molar-refractivity contribution in [2.45, 2.75) is 0 Å². The summed E-state index contributed by atoms with van der Waals surface area (Å²) in [6.07, 6.45) is 4.72. The molecule has 0 saturated carbocycles. The summed E-state index contributed by atoms with van der Waals surface area (Å²) in [6, 6.07) is 12.2. The maximum atomic E-state index is 12.7. The molecule has 27 heavy (non-hydrogen) atoms. The summed E-state index contributed by atoms with van der Waals surface area (Å²) in [5.74, 6) is -0.405. The molecule has 0 aliphatic carbocycles. The highest BCUT2D eigenvalue weighted by Gasteiger charge is 2.16. The van der Waals surface area contributed by atoms with Gasteiger partial charge in [0.05, 0.1) is 32.5 Å². The molecule has 2 heterocycles. The van der Waals surface area contributed by atoms with Gasteiger partial charge >= 0.3 is 0 Å². The predicted molar refractivity (Wildman–Crippen MR) is 105 cm³/mol. The van der Waals surface area contributed by atoms with Crippen molar-refractivity contribution in [2.75, 3.05) is 10.7 Å². The first kappa shape index (κ1) is 17.3. The molecule has 0 fully saturated rings. The molecule has 1 amide bonds. The van der Waals surface area contributed by atoms with Crippen molar-refractivity contribution in [1.82, 2.24) is 19.9 Å². The standard InChI is InChI=1S/C18H12Cl2N6O/c19-12-4-2-5-13(20)16(12)18(27)24-15-6-1-3-11-14(7-8-21-17(11)15)25-26-9-22-23-10-26/h1-10H,(H,21,25)(H,24,27). The number of para-hydroxylation sites is 1. The summed E-state index contributed by atoms with van der Waals surface area (Å²) < 4.78 is 1.61. The Morgan fingerprint density at radius 3 is 2.37 bits per heavy atom. The van der Waals surface area contributed by atoms with Crippen LogP contribution in [0.3, 0.4) is 0 Å². The minimum atomic E-state index is -0.405. The van der Waals surface area contributed by atoms with Crippen molar-refractivity contribution in [1.29, 1.82) is 0 Å². The van der Waals surface area contributed by atoms with E-state index in [0.29, 0.717) is 11.2 Å². The molecule has 0 unspecified atom stereocenters. The summed E-state index contributed by atoms with van der Waals surface area (Å²) in [7, 11) is 0. The van der Waals surface area contributed by atoms with Gasteiger partial charge in [-0.05, 0) is 24.3 Å².